The van der Waals surface area contributed by atoms with Crippen molar-refractivity contribution in [3.63, 3.8) is 0 Å². The van der Waals surface area contributed by atoms with Gasteiger partial charge in [-0.15, -0.1) is 0 Å². The summed E-state index contributed by atoms with van der Waals surface area (Å²) in [7, 11) is 0. The Bertz CT molecular complexity index is 141. The molecule has 0 fully saturated rings. The van der Waals surface area contributed by atoms with Crippen LogP contribution in [0.1, 0.15) is 27.7 Å². The maximum Gasteiger partial charge on any atom is 0.157 e. The van der Waals surface area contributed by atoms with Gasteiger partial charge in [-0.05, 0) is 25.8 Å². The lowest BCUT2D eigenvalue weighted by Gasteiger charge is -2.20. The van der Waals surface area contributed by atoms with Gasteiger partial charge in [-0.25, -0.2) is 0 Å². The quantitative estimate of drug-likeness (QED) is 0.523. The molecule has 0 heterocycles. The second kappa shape index (κ2) is 4.14. The third-order valence-electron chi connectivity index (χ3n) is 1.40. The lowest BCUT2D eigenvalue weighted by molar-refractivity contribution is 0.572. The van der Waals surface area contributed by atoms with Gasteiger partial charge in [-0.2, -0.15) is 5.14 Å². The Labute approximate surface area is 72.2 Å². The Morgan fingerprint density at radius 3 is 2.18 bits per heavy atom. The Kier molecular flexibility index (Phi) is 4.14. The summed E-state index contributed by atoms with van der Waals surface area (Å²) in [5.74, 6) is 0.484. The SMILES string of the molecule is CC(C)/C=C/C(C)(C)[S+](N)[O-]. The lowest BCUT2D eigenvalue weighted by Crippen LogP contribution is -2.35. The average Bonchev–Trinajstić information content (AvgIpc) is 1.84. The molecule has 0 amide bonds. The maximum absolute atomic E-state index is 10.9. The third-order valence-corrected chi connectivity index (χ3v) is 2.57. The smallest absolute Gasteiger partial charge is 0.157 e. The van der Waals surface area contributed by atoms with Gasteiger partial charge in [0.1, 0.15) is 0 Å². The Morgan fingerprint density at radius 2 is 1.91 bits per heavy atom. The molecule has 0 bridgehead atoms. The van der Waals surface area contributed by atoms with Gasteiger partial charge >= 0.3 is 0 Å². The standard InChI is InChI=1S/C8H17NOS/c1-7(2)5-6-8(3,4)11(9)10/h5-7H,9H2,1-4H3/b6-5+. The van der Waals surface area contributed by atoms with Crippen LogP contribution in [0.5, 0.6) is 0 Å². The van der Waals surface area contributed by atoms with E-state index in [1.54, 1.807) is 0 Å². The van der Waals surface area contributed by atoms with Crippen LogP contribution in [0.3, 0.4) is 0 Å². The molecule has 0 aromatic carbocycles. The van der Waals surface area contributed by atoms with Crippen LogP contribution in [0.15, 0.2) is 12.2 Å². The molecule has 0 aromatic rings. The Hall–Kier alpha value is 0.01000. The van der Waals surface area contributed by atoms with Crippen LogP contribution in [0.2, 0.25) is 0 Å². The summed E-state index contributed by atoms with van der Waals surface area (Å²) in [5.41, 5.74) is 0. The van der Waals surface area contributed by atoms with Crippen molar-refractivity contribution < 1.29 is 4.55 Å². The fraction of sp³-hybridized carbons (Fsp3) is 0.750. The van der Waals surface area contributed by atoms with Gasteiger partial charge in [-0.3, -0.25) is 0 Å². The van der Waals surface area contributed by atoms with E-state index < -0.39 is 16.1 Å². The predicted octanol–water partition coefficient (Wildman–Crippen LogP) is 1.60. The highest BCUT2D eigenvalue weighted by atomic mass is 32.2. The minimum atomic E-state index is -1.28. The predicted molar refractivity (Wildman–Crippen MR) is 50.4 cm³/mol. The van der Waals surface area contributed by atoms with Gasteiger partial charge < -0.3 is 4.55 Å². The van der Waals surface area contributed by atoms with E-state index >= 15 is 0 Å². The van der Waals surface area contributed by atoms with Crippen molar-refractivity contribution in [1.29, 1.82) is 0 Å². The molecule has 0 aliphatic carbocycles. The first kappa shape index (κ1) is 11.0. The summed E-state index contributed by atoms with van der Waals surface area (Å²) in [5, 5.41) is 5.28. The molecule has 0 aromatic heterocycles. The second-order valence-electron chi connectivity index (χ2n) is 3.50. The van der Waals surface area contributed by atoms with Crippen LogP contribution in [0, 0.1) is 5.92 Å². The van der Waals surface area contributed by atoms with E-state index in [1.807, 2.05) is 26.0 Å². The van der Waals surface area contributed by atoms with Crippen LogP contribution in [0.25, 0.3) is 0 Å². The number of hydrogen-bond acceptors (Lipinski definition) is 2. The molecule has 3 heteroatoms. The second-order valence-corrected chi connectivity index (χ2v) is 5.15. The molecule has 2 N–H and O–H groups in total. The van der Waals surface area contributed by atoms with Gasteiger partial charge in [0, 0.05) is 11.4 Å². The van der Waals surface area contributed by atoms with Crippen molar-refractivity contribution in [2.24, 2.45) is 11.1 Å². The van der Waals surface area contributed by atoms with E-state index in [2.05, 4.69) is 13.8 Å². The van der Waals surface area contributed by atoms with Crippen molar-refractivity contribution in [3.8, 4) is 0 Å². The average molecular weight is 175 g/mol. The summed E-state index contributed by atoms with van der Waals surface area (Å²) in [4.78, 5) is 0. The molecular formula is C8H17NOS. The zero-order chi connectivity index (χ0) is 9.07. The lowest BCUT2D eigenvalue weighted by atomic mass is 10.1. The van der Waals surface area contributed by atoms with E-state index in [1.165, 1.54) is 0 Å². The van der Waals surface area contributed by atoms with Gasteiger partial charge in [0.15, 0.2) is 4.75 Å². The highest BCUT2D eigenvalue weighted by Gasteiger charge is 2.25. The number of nitrogens with two attached hydrogens (primary N) is 1. The monoisotopic (exact) mass is 175 g/mol. The molecule has 0 saturated heterocycles. The third kappa shape index (κ3) is 4.45. The van der Waals surface area contributed by atoms with Gasteiger partial charge in [0.2, 0.25) is 0 Å². The highest BCUT2D eigenvalue weighted by molar-refractivity contribution is 7.90. The highest BCUT2D eigenvalue weighted by Crippen LogP contribution is 2.15. The summed E-state index contributed by atoms with van der Waals surface area (Å²) in [6.45, 7) is 7.88. The number of rotatable bonds is 3. The van der Waals surface area contributed by atoms with E-state index in [9.17, 15) is 4.55 Å². The maximum atomic E-state index is 10.9. The van der Waals surface area contributed by atoms with Gasteiger partial charge in [0.05, 0.1) is 0 Å². The van der Waals surface area contributed by atoms with Crippen molar-refractivity contribution in [2.75, 3.05) is 0 Å². The van der Waals surface area contributed by atoms with Crippen molar-refractivity contribution in [1.82, 2.24) is 0 Å². The summed E-state index contributed by atoms with van der Waals surface area (Å²) >= 11 is -1.28. The molecule has 11 heavy (non-hydrogen) atoms. The van der Waals surface area contributed by atoms with E-state index in [0.717, 1.165) is 0 Å². The summed E-state index contributed by atoms with van der Waals surface area (Å²) in [6, 6.07) is 0. The van der Waals surface area contributed by atoms with Crippen molar-refractivity contribution in [3.05, 3.63) is 12.2 Å². The minimum absolute atomic E-state index is 0.399. The van der Waals surface area contributed by atoms with Crippen LogP contribution in [-0.2, 0) is 11.4 Å². The van der Waals surface area contributed by atoms with Crippen molar-refractivity contribution >= 4 is 11.4 Å². The Balaban J connectivity index is 4.11. The molecule has 0 aliphatic rings. The molecule has 0 radical (unpaired) electrons. The van der Waals surface area contributed by atoms with Crippen molar-refractivity contribution in [2.45, 2.75) is 32.4 Å². The van der Waals surface area contributed by atoms with Gasteiger partial charge in [0.25, 0.3) is 0 Å². The zero-order valence-electron chi connectivity index (χ0n) is 7.63. The molecule has 2 nitrogen and oxygen atoms in total. The van der Waals surface area contributed by atoms with Crippen LogP contribution < -0.4 is 5.14 Å². The largest absolute Gasteiger partial charge is 0.598 e. The first-order valence-electron chi connectivity index (χ1n) is 3.72. The number of hydrogen-bond donors (Lipinski definition) is 1. The van der Waals surface area contributed by atoms with E-state index in [-0.39, 0.29) is 0 Å². The molecule has 0 rings (SSSR count). The first-order valence-corrected chi connectivity index (χ1v) is 4.93. The Morgan fingerprint density at radius 1 is 1.45 bits per heavy atom. The molecule has 1 atom stereocenters. The molecule has 1 unspecified atom stereocenters. The van der Waals surface area contributed by atoms with Crippen LogP contribution >= 0.6 is 0 Å². The van der Waals surface area contributed by atoms with Gasteiger partial charge in [-0.1, -0.05) is 19.9 Å². The molecule has 66 valence electrons. The molecule has 0 aliphatic heterocycles. The fourth-order valence-corrected chi connectivity index (χ4v) is 0.704. The zero-order valence-corrected chi connectivity index (χ0v) is 8.44. The molecular weight excluding hydrogens is 158 g/mol. The minimum Gasteiger partial charge on any atom is -0.598 e. The van der Waals surface area contributed by atoms with E-state index in [0.29, 0.717) is 5.92 Å². The molecule has 0 spiro atoms. The number of allylic oxidation sites excluding steroid dienone is 1. The summed E-state index contributed by atoms with van der Waals surface area (Å²) < 4.78 is 10.5. The summed E-state index contributed by atoms with van der Waals surface area (Å²) in [6.07, 6.45) is 3.93. The first-order chi connectivity index (χ1) is 4.86. The molecule has 0 saturated carbocycles. The van der Waals surface area contributed by atoms with Crippen LogP contribution in [0.4, 0.5) is 0 Å². The normalized spacial score (nSPS) is 16.3. The van der Waals surface area contributed by atoms with E-state index in [4.69, 9.17) is 5.14 Å². The topological polar surface area (TPSA) is 49.1 Å². The fourth-order valence-electron chi connectivity index (χ4n) is 0.491. The van der Waals surface area contributed by atoms with Crippen LogP contribution in [-0.4, -0.2) is 9.30 Å².